The van der Waals surface area contributed by atoms with Crippen molar-refractivity contribution >= 4 is 27.6 Å². The lowest BCUT2D eigenvalue weighted by Crippen LogP contribution is -2.29. The summed E-state index contributed by atoms with van der Waals surface area (Å²) in [4.78, 5) is 14.4. The summed E-state index contributed by atoms with van der Waals surface area (Å²) >= 11 is 0. The molecule has 0 fully saturated rings. The van der Waals surface area contributed by atoms with Crippen LogP contribution in [0, 0.1) is 0 Å². The topological polar surface area (TPSA) is 110 Å². The predicted molar refractivity (Wildman–Crippen MR) is 219 cm³/mol. The molecule has 0 bridgehead atoms. The van der Waals surface area contributed by atoms with Crippen LogP contribution in [0.5, 0.6) is 11.5 Å². The number of carbonyl (C=O) groups excluding carboxylic acids is 1. The maximum Gasteiger partial charge on any atom is 0.530 e. The number of phosphoric acid groups is 2. The third kappa shape index (κ3) is 13.9. The van der Waals surface area contributed by atoms with Crippen LogP contribution in [0.4, 0.5) is 0 Å². The Kier molecular flexibility index (Phi) is 16.5. The summed E-state index contributed by atoms with van der Waals surface area (Å²) in [5.74, 6) is -0.300. The zero-order valence-electron chi connectivity index (χ0n) is 31.6. The van der Waals surface area contributed by atoms with Gasteiger partial charge in [0.15, 0.2) is 11.5 Å². The van der Waals surface area contributed by atoms with Crippen LogP contribution in [-0.2, 0) is 58.4 Å². The highest BCUT2D eigenvalue weighted by molar-refractivity contribution is 7.49. The van der Waals surface area contributed by atoms with Gasteiger partial charge >= 0.3 is 15.6 Å². The molecule has 0 saturated carbocycles. The summed E-state index contributed by atoms with van der Waals surface area (Å²) in [5.41, 5.74) is 3.54. The molecule has 0 radical (unpaired) electrons. The monoisotopic (exact) mass is 795 g/mol. The van der Waals surface area contributed by atoms with E-state index in [-0.39, 0.29) is 43.8 Å². The second-order valence-electron chi connectivity index (χ2n) is 12.5. The van der Waals surface area contributed by atoms with Crippen LogP contribution in [0.3, 0.4) is 0 Å². The van der Waals surface area contributed by atoms with Gasteiger partial charge in [0.1, 0.15) is 0 Å². The van der Waals surface area contributed by atoms with Crippen LogP contribution in [0.1, 0.15) is 48.1 Å². The molecule has 5 rings (SSSR count). The minimum absolute atomic E-state index is 0.0818. The molecule has 0 aliphatic rings. The van der Waals surface area contributed by atoms with E-state index in [4.69, 9.17) is 27.1 Å². The molecule has 12 heteroatoms. The summed E-state index contributed by atoms with van der Waals surface area (Å²) < 4.78 is 64.8. The van der Waals surface area contributed by atoms with Crippen LogP contribution in [-0.4, -0.2) is 23.9 Å². The van der Waals surface area contributed by atoms with Crippen molar-refractivity contribution in [2.75, 3.05) is 13.1 Å². The molecule has 0 aliphatic heterocycles. The fourth-order valence-corrected chi connectivity index (χ4v) is 7.58. The van der Waals surface area contributed by atoms with Gasteiger partial charge in [0.2, 0.25) is 5.91 Å². The van der Waals surface area contributed by atoms with Crippen molar-refractivity contribution in [2.24, 2.45) is 0 Å². The molecule has 0 unspecified atom stereocenters. The van der Waals surface area contributed by atoms with Gasteiger partial charge in [0, 0.05) is 19.2 Å². The van der Waals surface area contributed by atoms with Gasteiger partial charge in [-0.05, 0) is 53.3 Å². The van der Waals surface area contributed by atoms with E-state index in [0.29, 0.717) is 18.7 Å². The maximum atomic E-state index is 14.5. The summed E-state index contributed by atoms with van der Waals surface area (Å²) in [6.45, 7) is 4.89. The number of allylic oxidation sites excluding steroid dienone is 2. The van der Waals surface area contributed by atoms with Gasteiger partial charge in [-0.3, -0.25) is 22.9 Å². The number of hydrogen-bond acceptors (Lipinski definition) is 9. The van der Waals surface area contributed by atoms with Crippen molar-refractivity contribution in [1.29, 1.82) is 0 Å². The standard InChI is InChI=1S/C44H47NO9P2/c1-3-31-45(4-2)44(46)28-18-17-19-37-29-30-42(53-55(47,49-33-38-20-9-5-10-21-38)50-34-39-22-11-6-12-23-39)43(32-37)54-56(48,51-35-40-24-13-7-14-25-40)52-36-41-26-15-8-16-27-41/h5-30,32H,3-4,31,33-36H2,1-2H3/b19-17+,28-18+. The molecular formula is C44H47NO9P2. The lowest BCUT2D eigenvalue weighted by Gasteiger charge is -2.23. The molecule has 0 saturated heterocycles. The Morgan fingerprint density at radius 1 is 0.554 bits per heavy atom. The molecule has 0 atom stereocenters. The third-order valence-electron chi connectivity index (χ3n) is 8.14. The van der Waals surface area contributed by atoms with E-state index in [1.807, 2.05) is 135 Å². The first-order chi connectivity index (χ1) is 27.3. The van der Waals surface area contributed by atoms with Gasteiger partial charge < -0.3 is 13.9 Å². The maximum absolute atomic E-state index is 14.5. The smallest absolute Gasteiger partial charge is 0.400 e. The first kappa shape index (κ1) is 42.1. The van der Waals surface area contributed by atoms with E-state index in [2.05, 4.69) is 0 Å². The Morgan fingerprint density at radius 2 is 0.964 bits per heavy atom. The van der Waals surface area contributed by atoms with Crippen molar-refractivity contribution in [1.82, 2.24) is 4.90 Å². The molecule has 5 aromatic rings. The molecule has 0 aliphatic carbocycles. The quantitative estimate of drug-likeness (QED) is 0.0384. The number of hydrogen-bond donors (Lipinski definition) is 0. The van der Waals surface area contributed by atoms with E-state index in [9.17, 15) is 13.9 Å². The summed E-state index contributed by atoms with van der Waals surface area (Å²) in [7, 11) is -8.80. The molecule has 10 nitrogen and oxygen atoms in total. The number of benzene rings is 5. The normalized spacial score (nSPS) is 11.9. The highest BCUT2D eigenvalue weighted by Gasteiger charge is 2.34. The Hall–Kier alpha value is -5.05. The number of carbonyl (C=O) groups is 1. The number of phosphoric ester groups is 2. The average Bonchev–Trinajstić information content (AvgIpc) is 3.24. The van der Waals surface area contributed by atoms with Gasteiger partial charge in [0.25, 0.3) is 0 Å². The Labute approximate surface area is 329 Å². The fourth-order valence-electron chi connectivity index (χ4n) is 5.21. The SMILES string of the molecule is CCCN(CC)C(=O)/C=C/C=C/c1ccc(OP(=O)(OCc2ccccc2)OCc2ccccc2)c(OP(=O)(OCc2ccccc2)OCc2ccccc2)c1. The molecule has 0 N–H and O–H groups in total. The van der Waals surface area contributed by atoms with Crippen molar-refractivity contribution in [3.8, 4) is 11.5 Å². The van der Waals surface area contributed by atoms with Crippen LogP contribution >= 0.6 is 15.6 Å². The zero-order chi connectivity index (χ0) is 39.5. The van der Waals surface area contributed by atoms with Crippen LogP contribution < -0.4 is 9.05 Å². The van der Waals surface area contributed by atoms with E-state index < -0.39 is 15.6 Å². The van der Waals surface area contributed by atoms with Crippen LogP contribution in [0.2, 0.25) is 0 Å². The van der Waals surface area contributed by atoms with Crippen LogP contribution in [0.25, 0.3) is 6.08 Å². The molecule has 292 valence electrons. The Morgan fingerprint density at radius 3 is 1.36 bits per heavy atom. The highest BCUT2D eigenvalue weighted by Crippen LogP contribution is 2.57. The number of likely N-dealkylation sites (N-methyl/N-ethyl adjacent to an activating group) is 1. The number of nitrogens with zero attached hydrogens (tertiary/aromatic N) is 1. The summed E-state index contributed by atoms with van der Waals surface area (Å²) in [6.07, 6.45) is 7.43. The van der Waals surface area contributed by atoms with Crippen molar-refractivity contribution in [2.45, 2.75) is 46.7 Å². The zero-order valence-corrected chi connectivity index (χ0v) is 33.3. The second kappa shape index (κ2) is 21.9. The van der Waals surface area contributed by atoms with Crippen molar-refractivity contribution < 1.29 is 41.1 Å². The van der Waals surface area contributed by atoms with E-state index in [1.54, 1.807) is 35.3 Å². The molecular weight excluding hydrogens is 748 g/mol. The first-order valence-electron chi connectivity index (χ1n) is 18.4. The first-order valence-corrected chi connectivity index (χ1v) is 21.3. The third-order valence-corrected chi connectivity index (χ3v) is 10.8. The van der Waals surface area contributed by atoms with Gasteiger partial charge in [-0.1, -0.05) is 153 Å². The predicted octanol–water partition coefficient (Wildman–Crippen LogP) is 11.4. The summed E-state index contributed by atoms with van der Waals surface area (Å²) in [6, 6.07) is 41.5. The molecule has 0 heterocycles. The number of amides is 1. The Balaban J connectivity index is 1.48. The lowest BCUT2D eigenvalue weighted by molar-refractivity contribution is -0.125. The lowest BCUT2D eigenvalue weighted by atomic mass is 10.2. The molecule has 5 aromatic carbocycles. The van der Waals surface area contributed by atoms with Gasteiger partial charge in [-0.15, -0.1) is 0 Å². The van der Waals surface area contributed by atoms with E-state index >= 15 is 0 Å². The van der Waals surface area contributed by atoms with Crippen molar-refractivity contribution in [3.05, 3.63) is 186 Å². The Bertz CT molecular complexity index is 2000. The van der Waals surface area contributed by atoms with Crippen molar-refractivity contribution in [3.63, 3.8) is 0 Å². The largest absolute Gasteiger partial charge is 0.530 e. The molecule has 0 spiro atoms. The molecule has 56 heavy (non-hydrogen) atoms. The van der Waals surface area contributed by atoms with E-state index in [1.165, 1.54) is 12.1 Å². The molecule has 1 amide bonds. The number of rotatable bonds is 22. The molecule has 0 aromatic heterocycles. The minimum atomic E-state index is -4.42. The minimum Gasteiger partial charge on any atom is -0.400 e. The highest BCUT2D eigenvalue weighted by atomic mass is 31.2. The summed E-state index contributed by atoms with van der Waals surface area (Å²) in [5, 5.41) is 0. The average molecular weight is 796 g/mol. The van der Waals surface area contributed by atoms with Gasteiger partial charge in [0.05, 0.1) is 26.4 Å². The fraction of sp³-hybridized carbons (Fsp3) is 0.205. The van der Waals surface area contributed by atoms with Gasteiger partial charge in [-0.25, -0.2) is 9.13 Å². The van der Waals surface area contributed by atoms with E-state index in [0.717, 1.165) is 28.7 Å². The van der Waals surface area contributed by atoms with Crippen LogP contribution in [0.15, 0.2) is 158 Å². The second-order valence-corrected chi connectivity index (χ2v) is 15.6. The van der Waals surface area contributed by atoms with Gasteiger partial charge in [-0.2, -0.15) is 0 Å².